The van der Waals surface area contributed by atoms with Gasteiger partial charge in [-0.25, -0.2) is 20.1 Å². The van der Waals surface area contributed by atoms with Crippen molar-refractivity contribution in [2.45, 2.75) is 62.7 Å². The maximum Gasteiger partial charge on any atom is 0.115 e. The fraction of sp³-hybridized carbons (Fsp3) is 0.750. The minimum atomic E-state index is -0.797. The van der Waals surface area contributed by atoms with Crippen LogP contribution in [-0.4, -0.2) is 49.9 Å². The van der Waals surface area contributed by atoms with E-state index in [9.17, 15) is 0 Å². The van der Waals surface area contributed by atoms with Crippen LogP contribution >= 0.6 is 37.2 Å². The van der Waals surface area contributed by atoms with Crippen molar-refractivity contribution in [3.8, 4) is 0 Å². The summed E-state index contributed by atoms with van der Waals surface area (Å²) in [5.74, 6) is 0. The van der Waals surface area contributed by atoms with Crippen LogP contribution in [0.4, 0.5) is 0 Å². The van der Waals surface area contributed by atoms with Crippen molar-refractivity contribution in [3.63, 3.8) is 0 Å². The van der Waals surface area contributed by atoms with E-state index in [0.29, 0.717) is 10.9 Å². The molecule has 4 unspecified atom stereocenters. The highest BCUT2D eigenvalue weighted by Gasteiger charge is 2.41. The molecule has 0 aromatic heterocycles. The van der Waals surface area contributed by atoms with Gasteiger partial charge in [-0.15, -0.1) is 17.2 Å². The van der Waals surface area contributed by atoms with Gasteiger partial charge in [0, 0.05) is 0 Å². The van der Waals surface area contributed by atoms with Crippen molar-refractivity contribution in [2.75, 3.05) is 49.9 Å². The lowest BCUT2D eigenvalue weighted by Crippen LogP contribution is -2.10. The minimum Gasteiger partial charge on any atom is -0.347 e. The summed E-state index contributed by atoms with van der Waals surface area (Å²) in [5.41, 5.74) is 6.98. The van der Waals surface area contributed by atoms with Crippen molar-refractivity contribution >= 4 is 37.2 Å². The zero-order valence-corrected chi connectivity index (χ0v) is 23.8. The quantitative estimate of drug-likeness (QED) is 0.219. The Balaban J connectivity index is 2.38. The molecule has 1 aromatic rings. The molecule has 0 fully saturated rings. The first-order chi connectivity index (χ1) is 13.6. The van der Waals surface area contributed by atoms with Crippen LogP contribution < -0.4 is 0 Å². The van der Waals surface area contributed by atoms with E-state index < -0.39 is 20.1 Å². The van der Waals surface area contributed by atoms with Gasteiger partial charge in [0.15, 0.2) is 0 Å². The Labute approximate surface area is 188 Å². The van der Waals surface area contributed by atoms with Gasteiger partial charge in [-0.1, -0.05) is 38.8 Å². The summed E-state index contributed by atoms with van der Waals surface area (Å²) in [6.07, 6.45) is 25.3. The van der Waals surface area contributed by atoms with Crippen LogP contribution in [0.2, 0.25) is 0 Å². The SMILES string of the molecule is CCCCPCc1cc2c(cc1CPCCCC)C(S(C)(C)C)OC2S(C)(C)C. The monoisotopic (exact) mass is 476 g/mol. The highest BCUT2D eigenvalue weighted by molar-refractivity contribution is 8.33. The van der Waals surface area contributed by atoms with Gasteiger partial charge in [-0.2, -0.15) is 0 Å². The Morgan fingerprint density at radius 2 is 1.10 bits per heavy atom. The molecule has 0 bridgehead atoms. The van der Waals surface area contributed by atoms with Crippen LogP contribution in [0.3, 0.4) is 0 Å². The van der Waals surface area contributed by atoms with Gasteiger partial charge in [0.1, 0.15) is 10.9 Å². The second kappa shape index (κ2) is 11.6. The molecule has 0 saturated heterocycles. The first-order valence-electron chi connectivity index (χ1n) is 11.2. The summed E-state index contributed by atoms with van der Waals surface area (Å²) in [6.45, 7) is 4.62. The molecule has 1 aliphatic heterocycles. The van der Waals surface area contributed by atoms with Crippen molar-refractivity contribution in [1.29, 1.82) is 0 Å². The van der Waals surface area contributed by atoms with E-state index >= 15 is 0 Å². The van der Waals surface area contributed by atoms with Crippen LogP contribution in [-0.2, 0) is 17.1 Å². The highest BCUT2D eigenvalue weighted by atomic mass is 32.3. The molecule has 0 radical (unpaired) electrons. The maximum atomic E-state index is 6.84. The number of hydrogen-bond donors (Lipinski definition) is 0. The standard InChI is InChI=1S/C24H46OP2S2/c1-9-11-13-26-17-19-15-21-22(16-20(19)18-27-14-12-10-2)24(29(6,7)8)25-23(21)28(3,4)5/h15-16,23-24,26-27H,9-14,17-18H2,1-8H3. The van der Waals surface area contributed by atoms with Gasteiger partial charge in [0.05, 0.1) is 0 Å². The van der Waals surface area contributed by atoms with Crippen LogP contribution in [0, 0.1) is 0 Å². The Kier molecular flexibility index (Phi) is 10.4. The topological polar surface area (TPSA) is 9.23 Å². The second-order valence-corrected chi connectivity index (χ2v) is 21.3. The van der Waals surface area contributed by atoms with Gasteiger partial charge in [-0.05, 0) is 97.3 Å². The molecule has 1 aromatic carbocycles. The lowest BCUT2D eigenvalue weighted by atomic mass is 10.0. The molecule has 1 heterocycles. The molecule has 1 aliphatic rings. The largest absolute Gasteiger partial charge is 0.347 e. The third-order valence-corrected chi connectivity index (χ3v) is 11.5. The molecule has 0 spiro atoms. The van der Waals surface area contributed by atoms with E-state index in [4.69, 9.17) is 4.74 Å². The third-order valence-electron chi connectivity index (χ3n) is 5.49. The fourth-order valence-corrected chi connectivity index (χ4v) is 9.52. The zero-order valence-electron chi connectivity index (χ0n) is 20.2. The van der Waals surface area contributed by atoms with Gasteiger partial charge < -0.3 is 4.74 Å². The van der Waals surface area contributed by atoms with Crippen molar-refractivity contribution in [1.82, 2.24) is 0 Å². The predicted octanol–water partition coefficient (Wildman–Crippen LogP) is 8.06. The summed E-state index contributed by atoms with van der Waals surface area (Å²) in [4.78, 5) is 0. The normalized spacial score (nSPS) is 21.5. The smallest absolute Gasteiger partial charge is 0.115 e. The van der Waals surface area contributed by atoms with Crippen LogP contribution in [0.25, 0.3) is 0 Å². The van der Waals surface area contributed by atoms with E-state index in [1.165, 1.54) is 61.5 Å². The summed E-state index contributed by atoms with van der Waals surface area (Å²) in [7, 11) is 0.545. The molecule has 5 heteroatoms. The van der Waals surface area contributed by atoms with Crippen LogP contribution in [0.15, 0.2) is 12.1 Å². The minimum absolute atomic E-state index is 0.309. The van der Waals surface area contributed by atoms with Crippen molar-refractivity contribution < 1.29 is 4.74 Å². The maximum absolute atomic E-state index is 6.84. The second-order valence-electron chi connectivity index (χ2n) is 9.97. The van der Waals surface area contributed by atoms with E-state index in [2.05, 4.69) is 63.5 Å². The van der Waals surface area contributed by atoms with Gasteiger partial charge in [0.2, 0.25) is 0 Å². The molecule has 4 atom stereocenters. The molecule has 0 amide bonds. The number of benzene rings is 1. The molecule has 0 N–H and O–H groups in total. The van der Waals surface area contributed by atoms with E-state index in [0.717, 1.165) is 17.2 Å². The molecule has 0 saturated carbocycles. The van der Waals surface area contributed by atoms with Crippen molar-refractivity contribution in [2.24, 2.45) is 0 Å². The Morgan fingerprint density at radius 3 is 1.41 bits per heavy atom. The fourth-order valence-electron chi connectivity index (χ4n) is 3.87. The molecular formula is C24H46OP2S2. The van der Waals surface area contributed by atoms with E-state index in [1.54, 1.807) is 11.1 Å². The third kappa shape index (κ3) is 7.39. The lowest BCUT2D eigenvalue weighted by Gasteiger charge is -2.37. The molecular weight excluding hydrogens is 430 g/mol. The summed E-state index contributed by atoms with van der Waals surface area (Å²) < 4.78 is 6.84. The van der Waals surface area contributed by atoms with Crippen LogP contribution in [0.1, 0.15) is 72.7 Å². The molecule has 0 aliphatic carbocycles. The average Bonchev–Trinajstić information content (AvgIpc) is 3.01. The highest BCUT2D eigenvalue weighted by Crippen LogP contribution is 2.66. The summed E-state index contributed by atoms with van der Waals surface area (Å²) in [5, 5.41) is 0. The van der Waals surface area contributed by atoms with Gasteiger partial charge in [0.25, 0.3) is 0 Å². The van der Waals surface area contributed by atoms with Gasteiger partial charge >= 0.3 is 0 Å². The van der Waals surface area contributed by atoms with E-state index in [-0.39, 0.29) is 0 Å². The predicted molar refractivity (Wildman–Crippen MR) is 147 cm³/mol. The number of ether oxygens (including phenoxy) is 1. The molecule has 29 heavy (non-hydrogen) atoms. The molecule has 1 nitrogen and oxygen atoms in total. The molecule has 2 rings (SSSR count). The van der Waals surface area contributed by atoms with Gasteiger partial charge in [-0.3, -0.25) is 0 Å². The Bertz CT molecular complexity index is 595. The first kappa shape index (κ1) is 26.0. The summed E-state index contributed by atoms with van der Waals surface area (Å²) in [6, 6.07) is 5.20. The first-order valence-corrected chi connectivity index (χ1v) is 19.8. The van der Waals surface area contributed by atoms with E-state index in [1.807, 2.05) is 0 Å². The Hall–Kier alpha value is 0.740. The number of unbranched alkanes of at least 4 members (excludes halogenated alkanes) is 2. The zero-order chi connectivity index (χ0) is 21.7. The number of hydrogen-bond acceptors (Lipinski definition) is 1. The summed E-state index contributed by atoms with van der Waals surface area (Å²) >= 11 is 0. The number of rotatable bonds is 12. The van der Waals surface area contributed by atoms with Crippen molar-refractivity contribution in [3.05, 3.63) is 34.4 Å². The Morgan fingerprint density at radius 1 is 0.724 bits per heavy atom. The number of fused-ring (bicyclic) bond motifs is 1. The average molecular weight is 477 g/mol. The molecule has 170 valence electrons. The lowest BCUT2D eigenvalue weighted by molar-refractivity contribution is 0.115. The van der Waals surface area contributed by atoms with Crippen LogP contribution in [0.5, 0.6) is 0 Å².